The summed E-state index contributed by atoms with van der Waals surface area (Å²) in [6, 6.07) is 21.5. The van der Waals surface area contributed by atoms with E-state index in [0.717, 1.165) is 21.3 Å². The summed E-state index contributed by atoms with van der Waals surface area (Å²) in [7, 11) is 0. The van der Waals surface area contributed by atoms with E-state index in [1.807, 2.05) is 42.5 Å². The van der Waals surface area contributed by atoms with Gasteiger partial charge in [-0.05, 0) is 41.0 Å². The molecule has 3 aromatic carbocycles. The Balaban J connectivity index is 1.39. The van der Waals surface area contributed by atoms with E-state index in [2.05, 4.69) is 21.1 Å². The Hall–Kier alpha value is -3.39. The molecule has 0 spiro atoms. The lowest BCUT2D eigenvalue weighted by atomic mass is 10.1. The van der Waals surface area contributed by atoms with Crippen molar-refractivity contribution in [2.75, 3.05) is 0 Å². The van der Waals surface area contributed by atoms with Crippen molar-refractivity contribution in [1.82, 2.24) is 10.3 Å². The van der Waals surface area contributed by atoms with E-state index in [4.69, 9.17) is 0 Å². The minimum absolute atomic E-state index is 0.0942. The van der Waals surface area contributed by atoms with Crippen molar-refractivity contribution >= 4 is 27.5 Å². The Morgan fingerprint density at radius 3 is 2.55 bits per heavy atom. The van der Waals surface area contributed by atoms with Gasteiger partial charge < -0.3 is 10.1 Å². The minimum atomic E-state index is -4.75. The topological polar surface area (TPSA) is 51.2 Å². The Labute approximate surface area is 180 Å². The predicted molar refractivity (Wildman–Crippen MR) is 114 cm³/mol. The van der Waals surface area contributed by atoms with Gasteiger partial charge in [0.1, 0.15) is 10.8 Å². The van der Waals surface area contributed by atoms with E-state index >= 15 is 0 Å². The molecule has 0 aliphatic heterocycles. The summed E-state index contributed by atoms with van der Waals surface area (Å²) in [6.07, 6.45) is -4.66. The van der Waals surface area contributed by atoms with Crippen LogP contribution >= 0.6 is 11.3 Å². The second-order valence-electron chi connectivity index (χ2n) is 6.80. The first-order chi connectivity index (χ1) is 14.9. The van der Waals surface area contributed by atoms with Crippen LogP contribution in [0.1, 0.15) is 10.6 Å². The number of carbonyl (C=O) groups excluding carboxylic acids is 1. The molecule has 0 aliphatic carbocycles. The molecule has 0 saturated carbocycles. The van der Waals surface area contributed by atoms with E-state index in [0.29, 0.717) is 10.6 Å². The number of thiazole rings is 1. The zero-order valence-corrected chi connectivity index (χ0v) is 17.0. The molecule has 0 saturated heterocycles. The number of rotatable bonds is 6. The Bertz CT molecular complexity index is 1210. The quantitative estimate of drug-likeness (QED) is 0.416. The maximum atomic E-state index is 12.3. The first kappa shape index (κ1) is 20.9. The SMILES string of the molecule is O=C(Cc1nc2ccc(-c3ccccc3)cc2s1)NCc1cccc(OC(F)(F)F)c1. The molecule has 4 nitrogen and oxygen atoms in total. The molecule has 8 heteroatoms. The fourth-order valence-corrected chi connectivity index (χ4v) is 4.12. The molecule has 1 aromatic heterocycles. The zero-order valence-electron chi connectivity index (χ0n) is 16.1. The first-order valence-corrected chi connectivity index (χ1v) is 10.2. The van der Waals surface area contributed by atoms with Crippen LogP contribution in [0.4, 0.5) is 13.2 Å². The number of benzene rings is 3. The molecule has 0 radical (unpaired) electrons. The number of fused-ring (bicyclic) bond motifs is 1. The Kier molecular flexibility index (Phi) is 5.90. The van der Waals surface area contributed by atoms with Crippen LogP contribution in [0.2, 0.25) is 0 Å². The van der Waals surface area contributed by atoms with Gasteiger partial charge in [0.15, 0.2) is 0 Å². The third-order valence-electron chi connectivity index (χ3n) is 4.47. The molecule has 0 unspecified atom stereocenters. The van der Waals surface area contributed by atoms with Gasteiger partial charge in [-0.2, -0.15) is 0 Å². The molecular formula is C23H17F3N2O2S. The molecule has 1 N–H and O–H groups in total. The van der Waals surface area contributed by atoms with E-state index in [1.165, 1.54) is 29.5 Å². The smallest absolute Gasteiger partial charge is 0.406 e. The highest BCUT2D eigenvalue weighted by Gasteiger charge is 2.31. The van der Waals surface area contributed by atoms with Gasteiger partial charge in [-0.15, -0.1) is 24.5 Å². The number of carbonyl (C=O) groups is 1. The summed E-state index contributed by atoms with van der Waals surface area (Å²) >= 11 is 1.45. The van der Waals surface area contributed by atoms with Crippen LogP contribution in [0.25, 0.3) is 21.3 Å². The second-order valence-corrected chi connectivity index (χ2v) is 7.92. The van der Waals surface area contributed by atoms with Crippen LogP contribution in [-0.4, -0.2) is 17.3 Å². The van der Waals surface area contributed by atoms with Crippen molar-refractivity contribution in [1.29, 1.82) is 0 Å². The third-order valence-corrected chi connectivity index (χ3v) is 5.49. The van der Waals surface area contributed by atoms with E-state index in [-0.39, 0.29) is 24.6 Å². The van der Waals surface area contributed by atoms with Crippen LogP contribution in [0.5, 0.6) is 5.75 Å². The molecule has 4 rings (SSSR count). The van der Waals surface area contributed by atoms with Crippen molar-refractivity contribution in [2.24, 2.45) is 0 Å². The van der Waals surface area contributed by atoms with Crippen LogP contribution < -0.4 is 10.1 Å². The van der Waals surface area contributed by atoms with Crippen molar-refractivity contribution < 1.29 is 22.7 Å². The number of ether oxygens (including phenoxy) is 1. The van der Waals surface area contributed by atoms with Gasteiger partial charge in [0, 0.05) is 6.54 Å². The molecule has 4 aromatic rings. The number of halogens is 3. The molecule has 1 amide bonds. The monoisotopic (exact) mass is 442 g/mol. The molecule has 0 atom stereocenters. The summed E-state index contributed by atoms with van der Waals surface area (Å²) in [4.78, 5) is 16.8. The highest BCUT2D eigenvalue weighted by atomic mass is 32.1. The normalized spacial score (nSPS) is 11.5. The van der Waals surface area contributed by atoms with Gasteiger partial charge in [0.2, 0.25) is 5.91 Å². The van der Waals surface area contributed by atoms with Crippen molar-refractivity contribution in [3.05, 3.63) is 83.4 Å². The van der Waals surface area contributed by atoms with E-state index in [1.54, 1.807) is 6.07 Å². The summed E-state index contributed by atoms with van der Waals surface area (Å²) < 4.78 is 41.9. The lowest BCUT2D eigenvalue weighted by Gasteiger charge is -2.10. The fraction of sp³-hybridized carbons (Fsp3) is 0.130. The van der Waals surface area contributed by atoms with Gasteiger partial charge in [0.25, 0.3) is 0 Å². The highest BCUT2D eigenvalue weighted by Crippen LogP contribution is 2.28. The Morgan fingerprint density at radius 2 is 1.77 bits per heavy atom. The lowest BCUT2D eigenvalue weighted by molar-refractivity contribution is -0.274. The van der Waals surface area contributed by atoms with Gasteiger partial charge in [0.05, 0.1) is 16.6 Å². The molecule has 158 valence electrons. The molecule has 0 fully saturated rings. The number of nitrogens with one attached hydrogen (secondary N) is 1. The summed E-state index contributed by atoms with van der Waals surface area (Å²) in [5, 5.41) is 3.38. The highest BCUT2D eigenvalue weighted by molar-refractivity contribution is 7.18. The van der Waals surface area contributed by atoms with Gasteiger partial charge >= 0.3 is 6.36 Å². The van der Waals surface area contributed by atoms with E-state index in [9.17, 15) is 18.0 Å². The maximum Gasteiger partial charge on any atom is 0.573 e. The standard InChI is InChI=1S/C23H17F3N2O2S/c24-23(25,26)30-18-8-4-5-15(11-18)14-27-21(29)13-22-28-19-10-9-17(12-20(19)31-22)16-6-2-1-3-7-16/h1-12H,13-14H2,(H,27,29). The number of alkyl halides is 3. The average Bonchev–Trinajstić information content (AvgIpc) is 3.13. The van der Waals surface area contributed by atoms with Crippen LogP contribution in [0.3, 0.4) is 0 Å². The van der Waals surface area contributed by atoms with Crippen molar-refractivity contribution in [3.8, 4) is 16.9 Å². The predicted octanol–water partition coefficient (Wildman–Crippen LogP) is 5.72. The molecule has 0 bridgehead atoms. The number of hydrogen-bond donors (Lipinski definition) is 1. The average molecular weight is 442 g/mol. The largest absolute Gasteiger partial charge is 0.573 e. The summed E-state index contributed by atoms with van der Waals surface area (Å²) in [5.74, 6) is -0.580. The molecule has 31 heavy (non-hydrogen) atoms. The minimum Gasteiger partial charge on any atom is -0.406 e. The number of nitrogens with zero attached hydrogens (tertiary/aromatic N) is 1. The second kappa shape index (κ2) is 8.77. The van der Waals surface area contributed by atoms with Gasteiger partial charge in [-0.25, -0.2) is 4.98 Å². The maximum absolute atomic E-state index is 12.3. The number of amides is 1. The number of hydrogen-bond acceptors (Lipinski definition) is 4. The van der Waals surface area contributed by atoms with E-state index < -0.39 is 6.36 Å². The van der Waals surface area contributed by atoms with Crippen molar-refractivity contribution in [2.45, 2.75) is 19.3 Å². The zero-order chi connectivity index (χ0) is 21.8. The molecular weight excluding hydrogens is 425 g/mol. The molecule has 1 heterocycles. The Morgan fingerprint density at radius 1 is 0.968 bits per heavy atom. The summed E-state index contributed by atoms with van der Waals surface area (Å²) in [6.45, 7) is 0.0942. The van der Waals surface area contributed by atoms with Gasteiger partial charge in [-0.1, -0.05) is 48.5 Å². The third kappa shape index (κ3) is 5.61. The lowest BCUT2D eigenvalue weighted by Crippen LogP contribution is -2.24. The molecule has 0 aliphatic rings. The summed E-state index contributed by atoms with van der Waals surface area (Å²) in [5.41, 5.74) is 3.51. The van der Waals surface area contributed by atoms with Crippen molar-refractivity contribution in [3.63, 3.8) is 0 Å². The van der Waals surface area contributed by atoms with Crippen LogP contribution in [0, 0.1) is 0 Å². The van der Waals surface area contributed by atoms with Gasteiger partial charge in [-0.3, -0.25) is 4.79 Å². The number of aromatic nitrogens is 1. The fourth-order valence-electron chi connectivity index (χ4n) is 3.11. The van der Waals surface area contributed by atoms with Crippen LogP contribution in [0.15, 0.2) is 72.8 Å². The first-order valence-electron chi connectivity index (χ1n) is 9.42. The van der Waals surface area contributed by atoms with Crippen LogP contribution in [-0.2, 0) is 17.8 Å².